The van der Waals surface area contributed by atoms with Crippen LogP contribution in [0.15, 0.2) is 6.33 Å². The van der Waals surface area contributed by atoms with Crippen LogP contribution in [0.1, 0.15) is 18.5 Å². The van der Waals surface area contributed by atoms with E-state index in [1.54, 1.807) is 6.92 Å². The van der Waals surface area contributed by atoms with E-state index in [4.69, 9.17) is 9.47 Å². The van der Waals surface area contributed by atoms with Gasteiger partial charge in [-0.3, -0.25) is 0 Å². The van der Waals surface area contributed by atoms with E-state index in [1.807, 2.05) is 4.90 Å². The van der Waals surface area contributed by atoms with Gasteiger partial charge in [-0.05, 0) is 13.3 Å². The molecule has 1 aromatic rings. The number of hydrogen-bond donors (Lipinski definition) is 0. The largest absolute Gasteiger partial charge is 0.349 e. The van der Waals surface area contributed by atoms with E-state index >= 15 is 0 Å². The zero-order chi connectivity index (χ0) is 12.6. The summed E-state index contributed by atoms with van der Waals surface area (Å²) in [6, 6.07) is 0. The third-order valence-corrected chi connectivity index (χ3v) is 3.48. The minimum Gasteiger partial charge on any atom is -0.349 e. The quantitative estimate of drug-likeness (QED) is 0.754. The molecule has 0 aromatic carbocycles. The summed E-state index contributed by atoms with van der Waals surface area (Å²) in [5, 5.41) is 0. The Hall–Kier alpha value is -1.27. The van der Waals surface area contributed by atoms with E-state index in [0.717, 1.165) is 19.4 Å². The van der Waals surface area contributed by atoms with Crippen molar-refractivity contribution >= 4 is 5.82 Å². The minimum atomic E-state index is -0.566. The zero-order valence-corrected chi connectivity index (χ0v) is 10.4. The van der Waals surface area contributed by atoms with E-state index in [1.165, 1.54) is 6.33 Å². The van der Waals surface area contributed by atoms with E-state index in [9.17, 15) is 4.39 Å². The summed E-state index contributed by atoms with van der Waals surface area (Å²) in [6.45, 7) is 4.16. The molecular formula is C12H16FN3O2. The molecule has 0 radical (unpaired) electrons. The molecule has 6 heteroatoms. The molecule has 1 aromatic heterocycles. The molecule has 2 aliphatic heterocycles. The van der Waals surface area contributed by atoms with E-state index in [-0.39, 0.29) is 5.82 Å². The van der Waals surface area contributed by atoms with Crippen LogP contribution in [-0.4, -0.2) is 42.1 Å². The maximum Gasteiger partial charge on any atom is 0.186 e. The van der Waals surface area contributed by atoms with Crippen LogP contribution in [0.4, 0.5) is 10.2 Å². The van der Waals surface area contributed by atoms with Crippen molar-refractivity contribution in [2.24, 2.45) is 0 Å². The molecule has 2 aliphatic rings. The Labute approximate surface area is 105 Å². The topological polar surface area (TPSA) is 47.5 Å². The molecule has 1 spiro atoms. The summed E-state index contributed by atoms with van der Waals surface area (Å²) < 4.78 is 25.4. The summed E-state index contributed by atoms with van der Waals surface area (Å²) in [6.07, 6.45) is 3.16. The lowest BCUT2D eigenvalue weighted by molar-refractivity contribution is -0.161. The lowest BCUT2D eigenvalue weighted by atomic mass is 10.0. The standard InChI is InChI=1S/C12H16FN3O2/c1-9-10(13)11(15-8-14-9)16-4-2-3-12(7-16)17-5-6-18-12/h8H,2-7H2,1H3. The van der Waals surface area contributed by atoms with Crippen molar-refractivity contribution in [2.75, 3.05) is 31.2 Å². The number of aryl methyl sites for hydroxylation is 1. The SMILES string of the molecule is Cc1ncnc(N2CCCC3(C2)OCCO3)c1F. The first kappa shape index (κ1) is 11.8. The van der Waals surface area contributed by atoms with Gasteiger partial charge < -0.3 is 14.4 Å². The molecule has 0 aliphatic carbocycles. The van der Waals surface area contributed by atoms with Gasteiger partial charge >= 0.3 is 0 Å². The van der Waals surface area contributed by atoms with E-state index in [0.29, 0.717) is 31.3 Å². The third kappa shape index (κ3) is 1.95. The first-order chi connectivity index (χ1) is 8.70. The van der Waals surface area contributed by atoms with Crippen LogP contribution in [0.3, 0.4) is 0 Å². The molecule has 18 heavy (non-hydrogen) atoms. The summed E-state index contributed by atoms with van der Waals surface area (Å²) >= 11 is 0. The Morgan fingerprint density at radius 1 is 1.33 bits per heavy atom. The summed E-state index contributed by atoms with van der Waals surface area (Å²) in [4.78, 5) is 9.78. The average Bonchev–Trinajstić information content (AvgIpc) is 2.81. The molecule has 5 nitrogen and oxygen atoms in total. The minimum absolute atomic E-state index is 0.348. The van der Waals surface area contributed by atoms with Crippen LogP contribution in [0.25, 0.3) is 0 Å². The first-order valence-electron chi connectivity index (χ1n) is 6.20. The first-order valence-corrected chi connectivity index (χ1v) is 6.20. The number of aromatic nitrogens is 2. The number of piperidine rings is 1. The Balaban J connectivity index is 1.85. The van der Waals surface area contributed by atoms with Gasteiger partial charge in [0.25, 0.3) is 0 Å². The smallest absolute Gasteiger partial charge is 0.186 e. The van der Waals surface area contributed by atoms with Crippen molar-refractivity contribution in [3.63, 3.8) is 0 Å². The number of anilines is 1. The van der Waals surface area contributed by atoms with Crippen molar-refractivity contribution in [3.05, 3.63) is 17.8 Å². The van der Waals surface area contributed by atoms with Gasteiger partial charge in [-0.15, -0.1) is 0 Å². The molecule has 2 fully saturated rings. The molecule has 0 atom stereocenters. The zero-order valence-electron chi connectivity index (χ0n) is 10.4. The molecule has 0 N–H and O–H groups in total. The van der Waals surface area contributed by atoms with E-state index in [2.05, 4.69) is 9.97 Å². The Bertz CT molecular complexity index is 449. The number of rotatable bonds is 1. The summed E-state index contributed by atoms with van der Waals surface area (Å²) in [5.74, 6) is -0.572. The van der Waals surface area contributed by atoms with Crippen LogP contribution in [0, 0.1) is 12.7 Å². The highest BCUT2D eigenvalue weighted by atomic mass is 19.1. The lowest BCUT2D eigenvalue weighted by Gasteiger charge is -2.39. The highest BCUT2D eigenvalue weighted by Crippen LogP contribution is 2.32. The van der Waals surface area contributed by atoms with Gasteiger partial charge in [-0.2, -0.15) is 0 Å². The third-order valence-electron chi connectivity index (χ3n) is 3.48. The monoisotopic (exact) mass is 253 g/mol. The van der Waals surface area contributed by atoms with Crippen LogP contribution in [0.5, 0.6) is 0 Å². The molecule has 3 heterocycles. The second kappa shape index (κ2) is 4.44. The van der Waals surface area contributed by atoms with Gasteiger partial charge in [0.15, 0.2) is 17.4 Å². The summed E-state index contributed by atoms with van der Waals surface area (Å²) in [5.41, 5.74) is 0.368. The predicted molar refractivity (Wildman–Crippen MR) is 62.8 cm³/mol. The second-order valence-corrected chi connectivity index (χ2v) is 4.73. The number of halogens is 1. The van der Waals surface area contributed by atoms with Gasteiger partial charge in [0.2, 0.25) is 0 Å². The van der Waals surface area contributed by atoms with Crippen LogP contribution < -0.4 is 4.90 Å². The highest BCUT2D eigenvalue weighted by molar-refractivity contribution is 5.41. The Morgan fingerprint density at radius 3 is 2.89 bits per heavy atom. The molecule has 0 saturated carbocycles. The number of ether oxygens (including phenoxy) is 2. The predicted octanol–water partition coefficient (Wildman–Crippen LogP) is 1.27. The summed E-state index contributed by atoms with van der Waals surface area (Å²) in [7, 11) is 0. The van der Waals surface area contributed by atoms with E-state index < -0.39 is 5.79 Å². The molecule has 98 valence electrons. The van der Waals surface area contributed by atoms with Crippen LogP contribution >= 0.6 is 0 Å². The van der Waals surface area contributed by atoms with Gasteiger partial charge in [0.1, 0.15) is 6.33 Å². The number of nitrogens with zero attached hydrogens (tertiary/aromatic N) is 3. The Kier molecular flexibility index (Phi) is 2.91. The molecular weight excluding hydrogens is 237 g/mol. The second-order valence-electron chi connectivity index (χ2n) is 4.73. The van der Waals surface area contributed by atoms with Crippen molar-refractivity contribution in [2.45, 2.75) is 25.6 Å². The molecule has 0 unspecified atom stereocenters. The number of hydrogen-bond acceptors (Lipinski definition) is 5. The highest BCUT2D eigenvalue weighted by Gasteiger charge is 2.41. The van der Waals surface area contributed by atoms with Gasteiger partial charge in [-0.1, -0.05) is 0 Å². The van der Waals surface area contributed by atoms with Crippen molar-refractivity contribution in [1.82, 2.24) is 9.97 Å². The normalized spacial score (nSPS) is 22.7. The maximum atomic E-state index is 14.0. The maximum absolute atomic E-state index is 14.0. The molecule has 0 amide bonds. The Morgan fingerprint density at radius 2 is 2.11 bits per heavy atom. The molecule has 3 rings (SSSR count). The fraction of sp³-hybridized carbons (Fsp3) is 0.667. The van der Waals surface area contributed by atoms with Gasteiger partial charge in [0, 0.05) is 13.0 Å². The van der Waals surface area contributed by atoms with Crippen LogP contribution in [-0.2, 0) is 9.47 Å². The lowest BCUT2D eigenvalue weighted by Crippen LogP contribution is -2.49. The van der Waals surface area contributed by atoms with Crippen LogP contribution in [0.2, 0.25) is 0 Å². The van der Waals surface area contributed by atoms with Crippen molar-refractivity contribution in [1.29, 1.82) is 0 Å². The molecule has 0 bridgehead atoms. The fourth-order valence-electron chi connectivity index (χ4n) is 2.57. The van der Waals surface area contributed by atoms with Crippen molar-refractivity contribution < 1.29 is 13.9 Å². The van der Waals surface area contributed by atoms with Gasteiger partial charge in [-0.25, -0.2) is 14.4 Å². The van der Waals surface area contributed by atoms with Gasteiger partial charge in [0.05, 0.1) is 25.5 Å². The average molecular weight is 253 g/mol. The van der Waals surface area contributed by atoms with Crippen molar-refractivity contribution in [3.8, 4) is 0 Å². The molecule has 2 saturated heterocycles. The fourth-order valence-corrected chi connectivity index (χ4v) is 2.57.